The standard InChI is InChI=1S/C12H19N3O/c13-12(10-7-14-9-15-8-10)5-1-3-11-4-2-6-16-11/h7-9,11-12H,1-6,13H2. The van der Waals surface area contributed by atoms with Gasteiger partial charge in [0.05, 0.1) is 6.10 Å². The number of rotatable bonds is 5. The third-order valence-electron chi connectivity index (χ3n) is 3.07. The maximum Gasteiger partial charge on any atom is 0.115 e. The van der Waals surface area contributed by atoms with Crippen LogP contribution in [0.1, 0.15) is 43.7 Å². The van der Waals surface area contributed by atoms with Gasteiger partial charge in [0.15, 0.2) is 0 Å². The van der Waals surface area contributed by atoms with E-state index in [0.29, 0.717) is 6.10 Å². The second kappa shape index (κ2) is 5.92. The van der Waals surface area contributed by atoms with Crippen LogP contribution in [0, 0.1) is 0 Å². The number of ether oxygens (including phenoxy) is 1. The molecule has 0 spiro atoms. The van der Waals surface area contributed by atoms with Gasteiger partial charge in [-0.25, -0.2) is 9.97 Å². The van der Waals surface area contributed by atoms with Gasteiger partial charge in [0.2, 0.25) is 0 Å². The van der Waals surface area contributed by atoms with Gasteiger partial charge in [-0.15, -0.1) is 0 Å². The van der Waals surface area contributed by atoms with E-state index >= 15 is 0 Å². The fourth-order valence-electron chi connectivity index (χ4n) is 2.11. The summed E-state index contributed by atoms with van der Waals surface area (Å²) >= 11 is 0. The van der Waals surface area contributed by atoms with Crippen molar-refractivity contribution < 1.29 is 4.74 Å². The molecule has 1 aromatic heterocycles. The molecule has 1 aliphatic rings. The van der Waals surface area contributed by atoms with Crippen LogP contribution in [-0.4, -0.2) is 22.7 Å². The molecule has 0 amide bonds. The van der Waals surface area contributed by atoms with Crippen LogP contribution in [0.4, 0.5) is 0 Å². The maximum absolute atomic E-state index is 6.06. The van der Waals surface area contributed by atoms with E-state index in [1.165, 1.54) is 19.2 Å². The van der Waals surface area contributed by atoms with E-state index in [-0.39, 0.29) is 6.04 Å². The highest BCUT2D eigenvalue weighted by atomic mass is 16.5. The third-order valence-corrected chi connectivity index (χ3v) is 3.07. The number of hydrogen-bond acceptors (Lipinski definition) is 4. The third kappa shape index (κ3) is 3.25. The van der Waals surface area contributed by atoms with Gasteiger partial charge in [-0.3, -0.25) is 0 Å². The molecule has 2 unspecified atom stereocenters. The Hall–Kier alpha value is -1.00. The summed E-state index contributed by atoms with van der Waals surface area (Å²) in [5.41, 5.74) is 7.08. The summed E-state index contributed by atoms with van der Waals surface area (Å²) in [6.07, 6.45) is 11.2. The van der Waals surface area contributed by atoms with E-state index in [2.05, 4.69) is 9.97 Å². The zero-order valence-electron chi connectivity index (χ0n) is 9.51. The summed E-state index contributed by atoms with van der Waals surface area (Å²) in [7, 11) is 0. The smallest absolute Gasteiger partial charge is 0.115 e. The monoisotopic (exact) mass is 221 g/mol. The van der Waals surface area contributed by atoms with Crippen molar-refractivity contribution in [2.45, 2.75) is 44.2 Å². The molecule has 0 saturated carbocycles. The molecule has 1 aromatic rings. The Morgan fingerprint density at radius 3 is 2.94 bits per heavy atom. The SMILES string of the molecule is NC(CCCC1CCCO1)c1cncnc1. The first-order chi connectivity index (χ1) is 7.86. The van der Waals surface area contributed by atoms with Gasteiger partial charge in [0.1, 0.15) is 6.33 Å². The lowest BCUT2D eigenvalue weighted by Gasteiger charge is -2.13. The predicted octanol–water partition coefficient (Wildman–Crippen LogP) is 1.83. The lowest BCUT2D eigenvalue weighted by Crippen LogP contribution is -2.12. The Labute approximate surface area is 96.2 Å². The summed E-state index contributed by atoms with van der Waals surface area (Å²) in [6.45, 7) is 0.934. The Balaban J connectivity index is 1.69. The predicted molar refractivity (Wildman–Crippen MR) is 61.8 cm³/mol. The Morgan fingerprint density at radius 1 is 1.44 bits per heavy atom. The molecule has 4 heteroatoms. The van der Waals surface area contributed by atoms with Crippen LogP contribution in [0.5, 0.6) is 0 Å². The molecule has 2 rings (SSSR count). The van der Waals surface area contributed by atoms with Crippen molar-refractivity contribution in [1.29, 1.82) is 0 Å². The lowest BCUT2D eigenvalue weighted by atomic mass is 10.0. The first-order valence-electron chi connectivity index (χ1n) is 5.98. The van der Waals surface area contributed by atoms with Crippen molar-refractivity contribution in [1.82, 2.24) is 9.97 Å². The largest absolute Gasteiger partial charge is 0.378 e. The molecular weight excluding hydrogens is 202 g/mol. The van der Waals surface area contributed by atoms with E-state index in [9.17, 15) is 0 Å². The Morgan fingerprint density at radius 2 is 2.25 bits per heavy atom. The van der Waals surface area contributed by atoms with Crippen molar-refractivity contribution in [2.24, 2.45) is 5.73 Å². The van der Waals surface area contributed by atoms with Crippen LogP contribution in [0.15, 0.2) is 18.7 Å². The maximum atomic E-state index is 6.06. The van der Waals surface area contributed by atoms with Crippen molar-refractivity contribution in [2.75, 3.05) is 6.61 Å². The highest BCUT2D eigenvalue weighted by Gasteiger charge is 2.15. The summed E-state index contributed by atoms with van der Waals surface area (Å²) in [4.78, 5) is 7.95. The first kappa shape index (κ1) is 11.5. The average molecular weight is 221 g/mol. The molecule has 1 saturated heterocycles. The average Bonchev–Trinajstić information content (AvgIpc) is 2.83. The van der Waals surface area contributed by atoms with Crippen LogP contribution < -0.4 is 5.73 Å². The topological polar surface area (TPSA) is 61.0 Å². The number of nitrogens with zero attached hydrogens (tertiary/aromatic N) is 2. The number of nitrogens with two attached hydrogens (primary N) is 1. The molecule has 1 aliphatic heterocycles. The second-order valence-electron chi connectivity index (χ2n) is 4.34. The Kier molecular flexibility index (Phi) is 4.25. The lowest BCUT2D eigenvalue weighted by molar-refractivity contribution is 0.101. The molecule has 2 atom stereocenters. The number of aromatic nitrogens is 2. The van der Waals surface area contributed by atoms with E-state index < -0.39 is 0 Å². The minimum absolute atomic E-state index is 0.0580. The van der Waals surface area contributed by atoms with Crippen LogP contribution in [0.2, 0.25) is 0 Å². The highest BCUT2D eigenvalue weighted by molar-refractivity contribution is 5.07. The summed E-state index contributed by atoms with van der Waals surface area (Å²) in [5.74, 6) is 0. The van der Waals surface area contributed by atoms with Gasteiger partial charge < -0.3 is 10.5 Å². The molecule has 0 radical (unpaired) electrons. The minimum Gasteiger partial charge on any atom is -0.378 e. The molecule has 0 aliphatic carbocycles. The molecule has 0 bridgehead atoms. The molecule has 4 nitrogen and oxygen atoms in total. The van der Waals surface area contributed by atoms with Crippen LogP contribution in [0.25, 0.3) is 0 Å². The Bertz CT molecular complexity index is 298. The molecule has 88 valence electrons. The van der Waals surface area contributed by atoms with Crippen LogP contribution in [-0.2, 0) is 4.74 Å². The minimum atomic E-state index is 0.0580. The quantitative estimate of drug-likeness (QED) is 0.824. The van der Waals surface area contributed by atoms with E-state index in [0.717, 1.165) is 31.4 Å². The molecule has 1 fully saturated rings. The van der Waals surface area contributed by atoms with Crippen molar-refractivity contribution >= 4 is 0 Å². The van der Waals surface area contributed by atoms with Crippen LogP contribution >= 0.6 is 0 Å². The highest BCUT2D eigenvalue weighted by Crippen LogP contribution is 2.21. The summed E-state index contributed by atoms with van der Waals surface area (Å²) < 4.78 is 5.57. The molecule has 16 heavy (non-hydrogen) atoms. The van der Waals surface area contributed by atoms with Crippen molar-refractivity contribution in [3.63, 3.8) is 0 Å². The molecule has 2 N–H and O–H groups in total. The van der Waals surface area contributed by atoms with Gasteiger partial charge >= 0.3 is 0 Å². The van der Waals surface area contributed by atoms with E-state index in [4.69, 9.17) is 10.5 Å². The zero-order valence-corrected chi connectivity index (χ0v) is 9.51. The number of hydrogen-bond donors (Lipinski definition) is 1. The van der Waals surface area contributed by atoms with Gasteiger partial charge in [-0.05, 0) is 32.1 Å². The zero-order chi connectivity index (χ0) is 11.2. The molecule has 0 aromatic carbocycles. The van der Waals surface area contributed by atoms with Crippen molar-refractivity contribution in [3.05, 3.63) is 24.3 Å². The van der Waals surface area contributed by atoms with E-state index in [1.54, 1.807) is 12.4 Å². The van der Waals surface area contributed by atoms with Gasteiger partial charge in [0.25, 0.3) is 0 Å². The second-order valence-corrected chi connectivity index (χ2v) is 4.34. The van der Waals surface area contributed by atoms with Gasteiger partial charge in [-0.1, -0.05) is 0 Å². The fourth-order valence-corrected chi connectivity index (χ4v) is 2.11. The fraction of sp³-hybridized carbons (Fsp3) is 0.667. The first-order valence-corrected chi connectivity index (χ1v) is 5.98. The normalized spacial score (nSPS) is 22.2. The van der Waals surface area contributed by atoms with Crippen LogP contribution in [0.3, 0.4) is 0 Å². The van der Waals surface area contributed by atoms with E-state index in [1.807, 2.05) is 0 Å². The molecular formula is C12H19N3O. The van der Waals surface area contributed by atoms with Gasteiger partial charge in [0, 0.05) is 30.6 Å². The molecule has 2 heterocycles. The van der Waals surface area contributed by atoms with Gasteiger partial charge in [-0.2, -0.15) is 0 Å². The van der Waals surface area contributed by atoms with Crippen molar-refractivity contribution in [3.8, 4) is 0 Å². The summed E-state index contributed by atoms with van der Waals surface area (Å²) in [5, 5.41) is 0. The summed E-state index contributed by atoms with van der Waals surface area (Å²) in [6, 6.07) is 0.0580.